The van der Waals surface area contributed by atoms with Crippen molar-refractivity contribution >= 4 is 23.1 Å². The van der Waals surface area contributed by atoms with Crippen molar-refractivity contribution < 1.29 is 9.13 Å². The maximum Gasteiger partial charge on any atom is 0.171 e. The molecule has 1 heterocycles. The van der Waals surface area contributed by atoms with E-state index in [1.807, 2.05) is 26.0 Å². The van der Waals surface area contributed by atoms with Crippen molar-refractivity contribution in [2.24, 2.45) is 0 Å². The fourth-order valence-electron chi connectivity index (χ4n) is 2.14. The van der Waals surface area contributed by atoms with Gasteiger partial charge in [0.2, 0.25) is 0 Å². The van der Waals surface area contributed by atoms with Gasteiger partial charge in [-0.05, 0) is 56.2 Å². The lowest BCUT2D eigenvalue weighted by molar-refractivity contribution is 0.333. The minimum Gasteiger partial charge on any atom is -0.493 e. The Balaban J connectivity index is 1.90. The van der Waals surface area contributed by atoms with Crippen LogP contribution in [0.25, 0.3) is 0 Å². The second-order valence-electron chi connectivity index (χ2n) is 4.95. The summed E-state index contributed by atoms with van der Waals surface area (Å²) < 4.78 is 19.4. The molecule has 2 aromatic rings. The van der Waals surface area contributed by atoms with Gasteiger partial charge < -0.3 is 15.4 Å². The number of anilines is 1. The number of aromatic nitrogens is 1. The molecular weight excluding hydrogens is 313 g/mol. The molecule has 0 unspecified atom stereocenters. The van der Waals surface area contributed by atoms with E-state index in [-0.39, 0.29) is 5.82 Å². The monoisotopic (exact) mass is 333 g/mol. The van der Waals surface area contributed by atoms with Gasteiger partial charge in [0, 0.05) is 18.3 Å². The minimum absolute atomic E-state index is 0.266. The van der Waals surface area contributed by atoms with Crippen LogP contribution in [0.4, 0.5) is 10.2 Å². The second-order valence-corrected chi connectivity index (χ2v) is 5.36. The van der Waals surface area contributed by atoms with Crippen LogP contribution >= 0.6 is 12.2 Å². The molecule has 4 nitrogen and oxygen atoms in total. The smallest absolute Gasteiger partial charge is 0.171 e. The van der Waals surface area contributed by atoms with Gasteiger partial charge in [0.05, 0.1) is 6.61 Å². The van der Waals surface area contributed by atoms with Crippen LogP contribution in [0, 0.1) is 12.7 Å². The maximum atomic E-state index is 13.9. The van der Waals surface area contributed by atoms with E-state index in [4.69, 9.17) is 17.0 Å². The standard InChI is InChI=1S/C17H20FN3OS/c1-3-22-15-8-4-7-14(18)13(15)9-11-20-17(23)21-16-12(2)6-5-10-19-16/h4-8,10H,3,9,11H2,1-2H3,(H2,19,20,21,23). The van der Waals surface area contributed by atoms with Crippen LogP contribution in [-0.2, 0) is 6.42 Å². The zero-order valence-electron chi connectivity index (χ0n) is 13.2. The largest absolute Gasteiger partial charge is 0.493 e. The molecule has 6 heteroatoms. The molecular formula is C17H20FN3OS. The predicted molar refractivity (Wildman–Crippen MR) is 94.5 cm³/mol. The van der Waals surface area contributed by atoms with E-state index in [9.17, 15) is 4.39 Å². The number of nitrogens with one attached hydrogen (secondary N) is 2. The third-order valence-corrected chi connectivity index (χ3v) is 3.52. The summed E-state index contributed by atoms with van der Waals surface area (Å²) in [5, 5.41) is 6.56. The molecule has 1 aromatic carbocycles. The molecule has 0 bridgehead atoms. The Labute approximate surface area is 141 Å². The van der Waals surface area contributed by atoms with E-state index in [0.29, 0.717) is 41.8 Å². The number of aryl methyl sites for hydroxylation is 1. The highest BCUT2D eigenvalue weighted by atomic mass is 32.1. The van der Waals surface area contributed by atoms with Gasteiger partial charge >= 0.3 is 0 Å². The third kappa shape index (κ3) is 4.89. The van der Waals surface area contributed by atoms with E-state index >= 15 is 0 Å². The summed E-state index contributed by atoms with van der Waals surface area (Å²) >= 11 is 5.24. The first-order valence-corrected chi connectivity index (χ1v) is 7.89. The first kappa shape index (κ1) is 17.1. The Kier molecular flexibility index (Phi) is 6.29. The number of thiocarbonyl (C=S) groups is 1. The molecule has 2 rings (SSSR count). The zero-order valence-corrected chi connectivity index (χ0v) is 14.0. The number of halogens is 1. The molecule has 122 valence electrons. The summed E-state index contributed by atoms with van der Waals surface area (Å²) in [6.07, 6.45) is 2.18. The molecule has 0 saturated carbocycles. The fourth-order valence-corrected chi connectivity index (χ4v) is 2.34. The van der Waals surface area contributed by atoms with E-state index in [2.05, 4.69) is 15.6 Å². The molecule has 23 heavy (non-hydrogen) atoms. The number of benzene rings is 1. The van der Waals surface area contributed by atoms with Crippen molar-refractivity contribution in [2.45, 2.75) is 20.3 Å². The highest BCUT2D eigenvalue weighted by molar-refractivity contribution is 7.80. The van der Waals surface area contributed by atoms with Gasteiger partial charge in [-0.1, -0.05) is 12.1 Å². The molecule has 0 radical (unpaired) electrons. The Bertz CT molecular complexity index is 679. The summed E-state index contributed by atoms with van der Waals surface area (Å²) in [5.41, 5.74) is 1.56. The summed E-state index contributed by atoms with van der Waals surface area (Å²) in [5.74, 6) is 1.02. The molecule has 0 spiro atoms. The van der Waals surface area contributed by atoms with Gasteiger partial charge in [-0.25, -0.2) is 9.37 Å². The number of hydrogen-bond acceptors (Lipinski definition) is 3. The molecule has 0 fully saturated rings. The van der Waals surface area contributed by atoms with Crippen molar-refractivity contribution in [3.05, 3.63) is 53.5 Å². The topological polar surface area (TPSA) is 46.2 Å². The lowest BCUT2D eigenvalue weighted by atomic mass is 10.1. The Hall–Kier alpha value is -2.21. The fraction of sp³-hybridized carbons (Fsp3) is 0.294. The maximum absolute atomic E-state index is 13.9. The number of rotatable bonds is 6. The van der Waals surface area contributed by atoms with E-state index in [0.717, 1.165) is 5.56 Å². The first-order chi connectivity index (χ1) is 11.1. The highest BCUT2D eigenvalue weighted by Gasteiger charge is 2.09. The van der Waals surface area contributed by atoms with Crippen molar-refractivity contribution in [2.75, 3.05) is 18.5 Å². The van der Waals surface area contributed by atoms with E-state index in [1.54, 1.807) is 18.3 Å². The van der Waals surface area contributed by atoms with Crippen molar-refractivity contribution in [1.29, 1.82) is 0 Å². The quantitative estimate of drug-likeness (QED) is 0.793. The van der Waals surface area contributed by atoms with Crippen LogP contribution in [0.1, 0.15) is 18.1 Å². The molecule has 1 aromatic heterocycles. The van der Waals surface area contributed by atoms with Crippen LogP contribution in [0.15, 0.2) is 36.5 Å². The molecule has 0 aliphatic heterocycles. The van der Waals surface area contributed by atoms with Gasteiger partial charge in [0.1, 0.15) is 17.4 Å². The number of ether oxygens (including phenoxy) is 1. The van der Waals surface area contributed by atoms with Crippen LogP contribution in [-0.4, -0.2) is 23.2 Å². The van der Waals surface area contributed by atoms with Crippen LogP contribution < -0.4 is 15.4 Å². The Morgan fingerprint density at radius 2 is 2.13 bits per heavy atom. The molecule has 0 aliphatic carbocycles. The molecule has 0 saturated heterocycles. The predicted octanol–water partition coefficient (Wildman–Crippen LogP) is 3.46. The highest BCUT2D eigenvalue weighted by Crippen LogP contribution is 2.21. The average molecular weight is 333 g/mol. The van der Waals surface area contributed by atoms with Gasteiger partial charge in [0.25, 0.3) is 0 Å². The van der Waals surface area contributed by atoms with E-state index < -0.39 is 0 Å². The number of hydrogen-bond donors (Lipinski definition) is 2. The number of pyridine rings is 1. The summed E-state index contributed by atoms with van der Waals surface area (Å²) in [4.78, 5) is 4.22. The van der Waals surface area contributed by atoms with Gasteiger partial charge in [-0.15, -0.1) is 0 Å². The van der Waals surface area contributed by atoms with Crippen molar-refractivity contribution in [3.63, 3.8) is 0 Å². The van der Waals surface area contributed by atoms with E-state index in [1.165, 1.54) is 6.07 Å². The lowest BCUT2D eigenvalue weighted by Gasteiger charge is -2.13. The van der Waals surface area contributed by atoms with Gasteiger partial charge in [0.15, 0.2) is 5.11 Å². The van der Waals surface area contributed by atoms with Crippen LogP contribution in [0.5, 0.6) is 5.75 Å². The molecule has 0 aliphatic rings. The number of nitrogens with zero attached hydrogens (tertiary/aromatic N) is 1. The van der Waals surface area contributed by atoms with Crippen molar-refractivity contribution in [3.8, 4) is 5.75 Å². The normalized spacial score (nSPS) is 10.2. The molecule has 2 N–H and O–H groups in total. The molecule has 0 atom stereocenters. The SMILES string of the molecule is CCOc1cccc(F)c1CCNC(=S)Nc1ncccc1C. The second kappa shape index (κ2) is 8.43. The minimum atomic E-state index is -0.266. The van der Waals surface area contributed by atoms with Gasteiger partial charge in [-0.2, -0.15) is 0 Å². The van der Waals surface area contributed by atoms with Gasteiger partial charge in [-0.3, -0.25) is 0 Å². The summed E-state index contributed by atoms with van der Waals surface area (Å²) in [7, 11) is 0. The van der Waals surface area contributed by atoms with Crippen LogP contribution in [0.2, 0.25) is 0 Å². The molecule has 0 amide bonds. The van der Waals surface area contributed by atoms with Crippen molar-refractivity contribution in [1.82, 2.24) is 10.3 Å². The lowest BCUT2D eigenvalue weighted by Crippen LogP contribution is -2.31. The average Bonchev–Trinajstić information content (AvgIpc) is 2.52. The third-order valence-electron chi connectivity index (χ3n) is 3.28. The Morgan fingerprint density at radius 3 is 2.87 bits per heavy atom. The van der Waals surface area contributed by atoms with Crippen LogP contribution in [0.3, 0.4) is 0 Å². The summed E-state index contributed by atoms with van der Waals surface area (Å²) in [6, 6.07) is 8.67. The zero-order chi connectivity index (χ0) is 16.7. The Morgan fingerprint density at radius 1 is 1.30 bits per heavy atom. The first-order valence-electron chi connectivity index (χ1n) is 7.48. The summed E-state index contributed by atoms with van der Waals surface area (Å²) in [6.45, 7) is 4.83.